The van der Waals surface area contributed by atoms with Crippen LogP contribution in [-0.4, -0.2) is 35.1 Å². The number of halogens is 1. The van der Waals surface area contributed by atoms with Crippen molar-refractivity contribution in [2.75, 3.05) is 24.5 Å². The molecule has 0 unspecified atom stereocenters. The molecule has 0 aromatic carbocycles. The van der Waals surface area contributed by atoms with Gasteiger partial charge in [0, 0.05) is 41.1 Å². The molecule has 1 aromatic heterocycles. The number of hydrogen-bond acceptors (Lipinski definition) is 4. The largest absolute Gasteiger partial charge is 0.333 e. The summed E-state index contributed by atoms with van der Waals surface area (Å²) in [5.41, 5.74) is 0.0883. The van der Waals surface area contributed by atoms with E-state index in [1.165, 1.54) is 0 Å². The van der Waals surface area contributed by atoms with Crippen molar-refractivity contribution >= 4 is 28.5 Å². The molecule has 1 N–H and O–H groups in total. The van der Waals surface area contributed by atoms with E-state index in [0.29, 0.717) is 0 Å². The monoisotopic (exact) mass is 318 g/mol. The van der Waals surface area contributed by atoms with Gasteiger partial charge >= 0.3 is 0 Å². The number of nitrogens with zero attached hydrogens (tertiary/aromatic N) is 3. The lowest BCUT2D eigenvalue weighted by Gasteiger charge is -2.42. The average Bonchev–Trinajstić information content (AvgIpc) is 2.19. The van der Waals surface area contributed by atoms with Crippen molar-refractivity contribution in [1.29, 1.82) is 0 Å². The normalized spacial score (nSPS) is 20.3. The zero-order valence-corrected chi connectivity index (χ0v) is 11.2. The van der Waals surface area contributed by atoms with Crippen molar-refractivity contribution in [3.05, 3.63) is 16.0 Å². The smallest absolute Gasteiger partial charge is 0.225 e. The maximum atomic E-state index is 4.38. The molecular weight excluding hydrogens is 303 g/mol. The molecule has 0 saturated carbocycles. The van der Waals surface area contributed by atoms with Crippen molar-refractivity contribution in [3.63, 3.8) is 0 Å². The van der Waals surface area contributed by atoms with E-state index < -0.39 is 0 Å². The van der Waals surface area contributed by atoms with Gasteiger partial charge in [-0.2, -0.15) is 0 Å². The van der Waals surface area contributed by atoms with Crippen LogP contribution in [0.4, 0.5) is 5.95 Å². The summed E-state index contributed by atoms with van der Waals surface area (Å²) in [5.74, 6) is 0.835. The van der Waals surface area contributed by atoms with Crippen molar-refractivity contribution in [2.45, 2.75) is 19.4 Å². The van der Waals surface area contributed by atoms with Gasteiger partial charge in [0.2, 0.25) is 5.95 Å². The van der Waals surface area contributed by atoms with E-state index in [9.17, 15) is 0 Å². The fraction of sp³-hybridized carbons (Fsp3) is 0.600. The van der Waals surface area contributed by atoms with Crippen molar-refractivity contribution in [1.82, 2.24) is 15.3 Å². The van der Waals surface area contributed by atoms with Crippen LogP contribution in [0, 0.1) is 3.57 Å². The second kappa shape index (κ2) is 4.21. The third-order valence-corrected chi connectivity index (χ3v) is 3.21. The Hall–Kier alpha value is -0.430. The molecule has 0 spiro atoms. The van der Waals surface area contributed by atoms with E-state index in [0.717, 1.165) is 29.2 Å². The van der Waals surface area contributed by atoms with E-state index in [4.69, 9.17) is 0 Å². The summed E-state index contributed by atoms with van der Waals surface area (Å²) in [6, 6.07) is 0. The predicted molar refractivity (Wildman–Crippen MR) is 69.0 cm³/mol. The van der Waals surface area contributed by atoms with E-state index >= 15 is 0 Å². The number of piperazine rings is 1. The van der Waals surface area contributed by atoms with Gasteiger partial charge in [-0.15, -0.1) is 0 Å². The Labute approximate surface area is 104 Å². The molecule has 4 nitrogen and oxygen atoms in total. The van der Waals surface area contributed by atoms with Crippen LogP contribution in [0.5, 0.6) is 0 Å². The molecule has 5 heteroatoms. The molecule has 1 aliphatic rings. The summed E-state index contributed by atoms with van der Waals surface area (Å²) in [6.45, 7) is 7.36. The van der Waals surface area contributed by atoms with Crippen LogP contribution in [0.2, 0.25) is 0 Å². The maximum absolute atomic E-state index is 4.38. The van der Waals surface area contributed by atoms with E-state index in [1.807, 2.05) is 12.4 Å². The third kappa shape index (κ3) is 2.39. The Morgan fingerprint density at radius 1 is 1.40 bits per heavy atom. The van der Waals surface area contributed by atoms with Gasteiger partial charge in [0.1, 0.15) is 0 Å². The molecule has 15 heavy (non-hydrogen) atoms. The van der Waals surface area contributed by atoms with Crippen LogP contribution < -0.4 is 10.2 Å². The standard InChI is InChI=1S/C10H15IN4/c1-10(2)7-12-3-4-15(10)9-13-5-8(11)6-14-9/h5-6,12H,3-4,7H2,1-2H3. The van der Waals surface area contributed by atoms with Gasteiger partial charge in [0.25, 0.3) is 0 Å². The Balaban J connectivity index is 2.25. The minimum absolute atomic E-state index is 0.0883. The molecule has 1 aliphatic heterocycles. The van der Waals surface area contributed by atoms with Crippen LogP contribution in [0.3, 0.4) is 0 Å². The summed E-state index contributed by atoms with van der Waals surface area (Å²) in [6.07, 6.45) is 3.72. The molecule has 0 radical (unpaired) electrons. The highest BCUT2D eigenvalue weighted by atomic mass is 127. The topological polar surface area (TPSA) is 41.0 Å². The van der Waals surface area contributed by atoms with Gasteiger partial charge in [-0.05, 0) is 36.4 Å². The van der Waals surface area contributed by atoms with Gasteiger partial charge in [0.05, 0.1) is 0 Å². The molecule has 82 valence electrons. The minimum atomic E-state index is 0.0883. The molecule has 0 amide bonds. The highest BCUT2D eigenvalue weighted by molar-refractivity contribution is 14.1. The first kappa shape index (κ1) is 11.1. The SMILES string of the molecule is CC1(C)CNCCN1c1ncc(I)cn1. The fourth-order valence-corrected chi connectivity index (χ4v) is 2.08. The Morgan fingerprint density at radius 2 is 2.07 bits per heavy atom. The lowest BCUT2D eigenvalue weighted by atomic mass is 10.0. The zero-order chi connectivity index (χ0) is 10.9. The highest BCUT2D eigenvalue weighted by Crippen LogP contribution is 2.21. The lowest BCUT2D eigenvalue weighted by Crippen LogP contribution is -2.58. The van der Waals surface area contributed by atoms with Crippen LogP contribution in [0.1, 0.15) is 13.8 Å². The summed E-state index contributed by atoms with van der Waals surface area (Å²) in [7, 11) is 0. The Bertz CT molecular complexity index is 336. The first-order valence-corrected chi connectivity index (χ1v) is 6.13. The number of nitrogens with one attached hydrogen (secondary N) is 1. The summed E-state index contributed by atoms with van der Waals surface area (Å²) in [4.78, 5) is 11.0. The maximum Gasteiger partial charge on any atom is 0.225 e. The Morgan fingerprint density at radius 3 is 2.67 bits per heavy atom. The lowest BCUT2D eigenvalue weighted by molar-refractivity contribution is 0.374. The second-order valence-corrected chi connectivity index (χ2v) is 5.59. The zero-order valence-electron chi connectivity index (χ0n) is 9.00. The molecule has 1 saturated heterocycles. The number of anilines is 1. The van der Waals surface area contributed by atoms with Gasteiger partial charge in [-0.25, -0.2) is 9.97 Å². The molecule has 0 atom stereocenters. The molecule has 0 aliphatic carbocycles. The van der Waals surface area contributed by atoms with Gasteiger partial charge in [-0.3, -0.25) is 0 Å². The first-order chi connectivity index (χ1) is 7.09. The minimum Gasteiger partial charge on any atom is -0.333 e. The summed E-state index contributed by atoms with van der Waals surface area (Å²) in [5, 5.41) is 3.39. The van der Waals surface area contributed by atoms with E-state index in [-0.39, 0.29) is 5.54 Å². The first-order valence-electron chi connectivity index (χ1n) is 5.05. The molecule has 1 aromatic rings. The quantitative estimate of drug-likeness (QED) is 0.792. The summed E-state index contributed by atoms with van der Waals surface area (Å²) < 4.78 is 1.07. The van der Waals surface area contributed by atoms with Crippen LogP contribution in [0.25, 0.3) is 0 Å². The second-order valence-electron chi connectivity index (χ2n) is 4.34. The van der Waals surface area contributed by atoms with Crippen LogP contribution in [-0.2, 0) is 0 Å². The van der Waals surface area contributed by atoms with Crippen molar-refractivity contribution < 1.29 is 0 Å². The average molecular weight is 318 g/mol. The van der Waals surface area contributed by atoms with Gasteiger partial charge in [0.15, 0.2) is 0 Å². The van der Waals surface area contributed by atoms with E-state index in [2.05, 4.69) is 56.6 Å². The van der Waals surface area contributed by atoms with Crippen molar-refractivity contribution in [2.24, 2.45) is 0 Å². The molecule has 2 heterocycles. The number of rotatable bonds is 1. The molecular formula is C10H15IN4. The van der Waals surface area contributed by atoms with Gasteiger partial charge < -0.3 is 10.2 Å². The fourth-order valence-electron chi connectivity index (χ4n) is 1.80. The number of hydrogen-bond donors (Lipinski definition) is 1. The third-order valence-electron chi connectivity index (χ3n) is 2.65. The molecule has 2 rings (SSSR count). The van der Waals surface area contributed by atoms with Crippen molar-refractivity contribution in [3.8, 4) is 0 Å². The molecule has 1 fully saturated rings. The predicted octanol–water partition coefficient (Wildman–Crippen LogP) is 1.27. The number of aromatic nitrogens is 2. The van der Waals surface area contributed by atoms with Gasteiger partial charge in [-0.1, -0.05) is 0 Å². The Kier molecular flexibility index (Phi) is 3.11. The summed E-state index contributed by atoms with van der Waals surface area (Å²) >= 11 is 2.22. The van der Waals surface area contributed by atoms with E-state index in [1.54, 1.807) is 0 Å². The van der Waals surface area contributed by atoms with Crippen LogP contribution in [0.15, 0.2) is 12.4 Å². The molecule has 0 bridgehead atoms. The highest BCUT2D eigenvalue weighted by Gasteiger charge is 2.31. The van der Waals surface area contributed by atoms with Crippen LogP contribution >= 0.6 is 22.6 Å².